The first kappa shape index (κ1) is 20.2. The number of piperidine rings is 1. The molecule has 1 saturated carbocycles. The second-order valence-corrected chi connectivity index (χ2v) is 7.80. The molecule has 0 aromatic heterocycles. The first-order valence-electron chi connectivity index (χ1n) is 10.1. The molecule has 1 saturated heterocycles. The highest BCUT2D eigenvalue weighted by Gasteiger charge is 2.30. The van der Waals surface area contributed by atoms with E-state index in [0.29, 0.717) is 58.2 Å². The van der Waals surface area contributed by atoms with Crippen molar-refractivity contribution in [2.24, 2.45) is 11.8 Å². The summed E-state index contributed by atoms with van der Waals surface area (Å²) in [6.45, 7) is 1.67. The third-order valence-electron chi connectivity index (χ3n) is 5.87. The van der Waals surface area contributed by atoms with Crippen molar-refractivity contribution < 1.29 is 19.5 Å². The van der Waals surface area contributed by atoms with Crippen LogP contribution in [0.2, 0.25) is 0 Å². The Morgan fingerprint density at radius 1 is 0.929 bits per heavy atom. The molecule has 152 valence electrons. The minimum Gasteiger partial charge on any atom is -0.481 e. The number of aliphatic carboxylic acids is 1. The summed E-state index contributed by atoms with van der Waals surface area (Å²) < 4.78 is 0. The molecule has 1 aliphatic carbocycles. The van der Waals surface area contributed by atoms with Gasteiger partial charge in [0.1, 0.15) is 0 Å². The number of hydrogen-bond acceptors (Lipinski definition) is 3. The number of rotatable bonds is 5. The van der Waals surface area contributed by atoms with Gasteiger partial charge in [0.2, 0.25) is 5.91 Å². The second kappa shape index (κ2) is 9.57. The Balaban J connectivity index is 1.37. The minimum atomic E-state index is -0.739. The Kier molecular flexibility index (Phi) is 6.90. The third kappa shape index (κ3) is 5.47. The Bertz CT molecular complexity index is 678. The maximum atomic E-state index is 12.5. The molecule has 0 radical (unpaired) electrons. The van der Waals surface area contributed by atoms with Crippen LogP contribution in [0.1, 0.15) is 44.1 Å². The zero-order valence-corrected chi connectivity index (χ0v) is 16.1. The summed E-state index contributed by atoms with van der Waals surface area (Å²) in [4.78, 5) is 37.6. The Labute approximate surface area is 165 Å². The van der Waals surface area contributed by atoms with Gasteiger partial charge >= 0.3 is 12.0 Å². The first-order valence-corrected chi connectivity index (χ1v) is 10.1. The predicted molar refractivity (Wildman–Crippen MR) is 104 cm³/mol. The van der Waals surface area contributed by atoms with Gasteiger partial charge in [-0.15, -0.1) is 0 Å². The average molecular weight is 387 g/mol. The van der Waals surface area contributed by atoms with Gasteiger partial charge in [0.25, 0.3) is 0 Å². The Morgan fingerprint density at radius 2 is 1.57 bits per heavy atom. The van der Waals surface area contributed by atoms with Crippen molar-refractivity contribution >= 4 is 17.9 Å². The molecule has 1 aromatic carbocycles. The van der Waals surface area contributed by atoms with Crippen LogP contribution in [-0.2, 0) is 16.1 Å². The van der Waals surface area contributed by atoms with Crippen molar-refractivity contribution in [3.8, 4) is 0 Å². The number of carboxylic acid groups (broad SMARTS) is 1. The van der Waals surface area contributed by atoms with E-state index in [9.17, 15) is 14.4 Å². The van der Waals surface area contributed by atoms with E-state index in [2.05, 4.69) is 10.6 Å². The first-order chi connectivity index (χ1) is 13.5. The van der Waals surface area contributed by atoms with Gasteiger partial charge in [0.15, 0.2) is 0 Å². The van der Waals surface area contributed by atoms with Crippen molar-refractivity contribution in [3.05, 3.63) is 35.9 Å². The highest BCUT2D eigenvalue weighted by molar-refractivity contribution is 5.79. The topological polar surface area (TPSA) is 98.7 Å². The number of nitrogens with zero attached hydrogens (tertiary/aromatic N) is 1. The molecular weight excluding hydrogens is 358 g/mol. The predicted octanol–water partition coefficient (Wildman–Crippen LogP) is 2.37. The van der Waals surface area contributed by atoms with Gasteiger partial charge in [-0.2, -0.15) is 0 Å². The van der Waals surface area contributed by atoms with E-state index in [1.807, 2.05) is 30.3 Å². The number of amides is 3. The van der Waals surface area contributed by atoms with Crippen LogP contribution in [0.4, 0.5) is 4.79 Å². The van der Waals surface area contributed by atoms with Crippen LogP contribution >= 0.6 is 0 Å². The largest absolute Gasteiger partial charge is 0.481 e. The van der Waals surface area contributed by atoms with Gasteiger partial charge in [0.05, 0.1) is 5.92 Å². The van der Waals surface area contributed by atoms with E-state index in [1.54, 1.807) is 4.90 Å². The molecule has 0 atom stereocenters. The molecule has 1 heterocycles. The molecule has 3 N–H and O–H groups in total. The average Bonchev–Trinajstić information content (AvgIpc) is 2.73. The Morgan fingerprint density at radius 3 is 2.18 bits per heavy atom. The highest BCUT2D eigenvalue weighted by atomic mass is 16.4. The third-order valence-corrected chi connectivity index (χ3v) is 5.87. The second-order valence-electron chi connectivity index (χ2n) is 7.80. The van der Waals surface area contributed by atoms with Gasteiger partial charge in [-0.25, -0.2) is 4.79 Å². The van der Waals surface area contributed by atoms with Crippen molar-refractivity contribution in [1.82, 2.24) is 15.5 Å². The fourth-order valence-corrected chi connectivity index (χ4v) is 4.02. The quantitative estimate of drug-likeness (QED) is 0.722. The van der Waals surface area contributed by atoms with Crippen LogP contribution in [0.15, 0.2) is 30.3 Å². The van der Waals surface area contributed by atoms with Gasteiger partial charge < -0.3 is 20.6 Å². The van der Waals surface area contributed by atoms with Gasteiger partial charge in [-0.1, -0.05) is 30.3 Å². The SMILES string of the molecule is O=C(O)C1CCC(NC(=O)N2CCC(C(=O)NCc3ccccc3)CC2)CC1. The van der Waals surface area contributed by atoms with Gasteiger partial charge in [0, 0.05) is 31.6 Å². The molecule has 7 nitrogen and oxygen atoms in total. The lowest BCUT2D eigenvalue weighted by atomic mass is 9.86. The summed E-state index contributed by atoms with van der Waals surface area (Å²) >= 11 is 0. The lowest BCUT2D eigenvalue weighted by Gasteiger charge is -2.34. The zero-order chi connectivity index (χ0) is 19.9. The minimum absolute atomic E-state index is 0.0509. The fraction of sp³-hybridized carbons (Fsp3) is 0.571. The van der Waals surface area contributed by atoms with E-state index >= 15 is 0 Å². The highest BCUT2D eigenvalue weighted by Crippen LogP contribution is 2.25. The summed E-state index contributed by atoms with van der Waals surface area (Å²) in [6, 6.07) is 9.77. The van der Waals surface area contributed by atoms with E-state index in [1.165, 1.54) is 0 Å². The lowest BCUT2D eigenvalue weighted by Crippen LogP contribution is -2.50. The summed E-state index contributed by atoms with van der Waals surface area (Å²) in [5.74, 6) is -1.02. The van der Waals surface area contributed by atoms with Crippen LogP contribution in [0.3, 0.4) is 0 Å². The van der Waals surface area contributed by atoms with Gasteiger partial charge in [-0.05, 0) is 44.1 Å². The zero-order valence-electron chi connectivity index (χ0n) is 16.1. The summed E-state index contributed by atoms with van der Waals surface area (Å²) in [7, 11) is 0. The molecule has 3 rings (SSSR count). The van der Waals surface area contributed by atoms with Crippen molar-refractivity contribution in [2.75, 3.05) is 13.1 Å². The molecule has 0 bridgehead atoms. The van der Waals surface area contributed by atoms with Crippen LogP contribution < -0.4 is 10.6 Å². The monoisotopic (exact) mass is 387 g/mol. The maximum Gasteiger partial charge on any atom is 0.317 e. The lowest BCUT2D eigenvalue weighted by molar-refractivity contribution is -0.142. The van der Waals surface area contributed by atoms with Crippen molar-refractivity contribution in [2.45, 2.75) is 51.1 Å². The number of carboxylic acids is 1. The van der Waals surface area contributed by atoms with E-state index in [-0.39, 0.29) is 29.8 Å². The number of carbonyl (C=O) groups is 3. The molecule has 1 aromatic rings. The fourth-order valence-electron chi connectivity index (χ4n) is 4.02. The smallest absolute Gasteiger partial charge is 0.317 e. The molecule has 2 fully saturated rings. The van der Waals surface area contributed by atoms with Crippen molar-refractivity contribution in [1.29, 1.82) is 0 Å². The summed E-state index contributed by atoms with van der Waals surface area (Å²) in [5.41, 5.74) is 1.07. The number of urea groups is 1. The molecule has 3 amide bonds. The molecular formula is C21H29N3O4. The number of likely N-dealkylation sites (tertiary alicyclic amines) is 1. The molecule has 0 spiro atoms. The maximum absolute atomic E-state index is 12.5. The van der Waals surface area contributed by atoms with Crippen LogP contribution in [0, 0.1) is 11.8 Å². The van der Waals surface area contributed by atoms with Crippen LogP contribution in [-0.4, -0.2) is 47.0 Å². The number of hydrogen-bond donors (Lipinski definition) is 3. The summed E-state index contributed by atoms with van der Waals surface area (Å²) in [6.07, 6.45) is 3.98. The molecule has 7 heteroatoms. The molecule has 0 unspecified atom stereocenters. The summed E-state index contributed by atoms with van der Waals surface area (Å²) in [5, 5.41) is 15.1. The molecule has 28 heavy (non-hydrogen) atoms. The molecule has 2 aliphatic rings. The Hall–Kier alpha value is -2.57. The van der Waals surface area contributed by atoms with E-state index < -0.39 is 5.97 Å². The number of carbonyl (C=O) groups excluding carboxylic acids is 2. The van der Waals surface area contributed by atoms with Crippen LogP contribution in [0.25, 0.3) is 0 Å². The van der Waals surface area contributed by atoms with Crippen molar-refractivity contribution in [3.63, 3.8) is 0 Å². The standard InChI is InChI=1S/C21H29N3O4/c25-19(22-14-15-4-2-1-3-5-15)16-10-12-24(13-11-16)21(28)23-18-8-6-17(7-9-18)20(26)27/h1-5,16-18H,6-14H2,(H,22,25)(H,23,28)(H,26,27). The van der Waals surface area contributed by atoms with Crippen LogP contribution in [0.5, 0.6) is 0 Å². The van der Waals surface area contributed by atoms with E-state index in [4.69, 9.17) is 5.11 Å². The van der Waals surface area contributed by atoms with Gasteiger partial charge in [-0.3, -0.25) is 9.59 Å². The normalized spacial score (nSPS) is 23.1. The number of nitrogens with one attached hydrogen (secondary N) is 2. The molecule has 1 aliphatic heterocycles. The number of benzene rings is 1. The van der Waals surface area contributed by atoms with E-state index in [0.717, 1.165) is 5.56 Å².